The maximum Gasteiger partial charge on any atom is 0.276 e. The lowest BCUT2D eigenvalue weighted by Gasteiger charge is -2.44. The van der Waals surface area contributed by atoms with Gasteiger partial charge < -0.3 is 15.4 Å². The normalized spacial score (nSPS) is 19.7. The van der Waals surface area contributed by atoms with Gasteiger partial charge in [0.15, 0.2) is 0 Å². The predicted octanol–water partition coefficient (Wildman–Crippen LogP) is 3.57. The zero-order chi connectivity index (χ0) is 19.3. The fraction of sp³-hybridized carbons (Fsp3) is 0.0909. The molecule has 0 saturated carbocycles. The first-order chi connectivity index (χ1) is 13.6. The lowest BCUT2D eigenvalue weighted by atomic mass is 9.92. The van der Waals surface area contributed by atoms with Crippen LogP contribution in [0.2, 0.25) is 0 Å². The molecular weight excluding hydrogens is 354 g/mol. The first-order valence-corrected chi connectivity index (χ1v) is 8.92. The molecule has 0 unspecified atom stereocenters. The van der Waals surface area contributed by atoms with Crippen LogP contribution in [0.4, 0.5) is 17.1 Å². The summed E-state index contributed by atoms with van der Waals surface area (Å²) < 4.78 is 5.29. The van der Waals surface area contributed by atoms with Crippen molar-refractivity contribution in [2.75, 3.05) is 22.6 Å². The van der Waals surface area contributed by atoms with Gasteiger partial charge in [-0.3, -0.25) is 14.5 Å². The Hall–Kier alpha value is -3.80. The summed E-state index contributed by atoms with van der Waals surface area (Å²) in [5.74, 6) is 0.0757. The lowest BCUT2D eigenvalue weighted by molar-refractivity contribution is -0.119. The Bertz CT molecular complexity index is 1110. The number of carbonyl (C=O) groups is 2. The van der Waals surface area contributed by atoms with E-state index in [1.165, 1.54) is 4.90 Å². The van der Waals surface area contributed by atoms with E-state index in [2.05, 4.69) is 10.6 Å². The predicted molar refractivity (Wildman–Crippen MR) is 107 cm³/mol. The molecule has 2 heterocycles. The minimum Gasteiger partial charge on any atom is -0.497 e. The number of ether oxygens (including phenoxy) is 1. The summed E-state index contributed by atoms with van der Waals surface area (Å²) in [6.45, 7) is 0. The van der Waals surface area contributed by atoms with E-state index in [4.69, 9.17) is 4.74 Å². The van der Waals surface area contributed by atoms with Gasteiger partial charge in [0, 0.05) is 23.0 Å². The van der Waals surface area contributed by atoms with Gasteiger partial charge in [0.25, 0.3) is 11.8 Å². The number of nitrogens with one attached hydrogen (secondary N) is 2. The van der Waals surface area contributed by atoms with Crippen LogP contribution in [0.25, 0.3) is 0 Å². The summed E-state index contributed by atoms with van der Waals surface area (Å²) in [7, 11) is 1.57. The van der Waals surface area contributed by atoms with Crippen LogP contribution in [-0.4, -0.2) is 18.9 Å². The summed E-state index contributed by atoms with van der Waals surface area (Å²) in [5, 5.41) is 6.26. The SMILES string of the molecule is COc1ccc2c(c1)NC(=O)[C@@]21Nc2ccccc2C(=O)N1c1ccccc1. The molecule has 0 aliphatic carbocycles. The summed E-state index contributed by atoms with van der Waals surface area (Å²) in [4.78, 5) is 28.4. The highest BCUT2D eigenvalue weighted by molar-refractivity contribution is 6.22. The molecule has 0 aromatic heterocycles. The van der Waals surface area contributed by atoms with Gasteiger partial charge in [0.1, 0.15) is 5.75 Å². The maximum atomic E-state index is 13.5. The van der Waals surface area contributed by atoms with E-state index in [0.717, 1.165) is 0 Å². The quantitative estimate of drug-likeness (QED) is 0.722. The van der Waals surface area contributed by atoms with Crippen molar-refractivity contribution in [3.8, 4) is 5.75 Å². The molecule has 3 aromatic rings. The molecule has 6 heteroatoms. The molecular formula is C22H17N3O3. The van der Waals surface area contributed by atoms with E-state index in [9.17, 15) is 9.59 Å². The summed E-state index contributed by atoms with van der Waals surface area (Å²) in [6.07, 6.45) is 0. The van der Waals surface area contributed by atoms with Gasteiger partial charge in [0.2, 0.25) is 5.66 Å². The van der Waals surface area contributed by atoms with E-state index in [0.29, 0.717) is 33.9 Å². The van der Waals surface area contributed by atoms with Crippen molar-refractivity contribution in [3.05, 3.63) is 83.9 Å². The highest BCUT2D eigenvalue weighted by Gasteiger charge is 2.57. The molecule has 28 heavy (non-hydrogen) atoms. The number of methoxy groups -OCH3 is 1. The first kappa shape index (κ1) is 16.4. The van der Waals surface area contributed by atoms with Gasteiger partial charge in [-0.1, -0.05) is 30.3 Å². The van der Waals surface area contributed by atoms with Crippen LogP contribution in [0.5, 0.6) is 5.75 Å². The molecule has 2 N–H and O–H groups in total. The third kappa shape index (κ3) is 2.08. The molecule has 0 bridgehead atoms. The molecule has 2 aliphatic rings. The van der Waals surface area contributed by atoms with Gasteiger partial charge in [-0.25, -0.2) is 0 Å². The summed E-state index contributed by atoms with van der Waals surface area (Å²) in [6, 6.07) is 21.8. The van der Waals surface area contributed by atoms with Crippen molar-refractivity contribution in [3.63, 3.8) is 0 Å². The number of rotatable bonds is 2. The van der Waals surface area contributed by atoms with Gasteiger partial charge in [-0.05, 0) is 36.4 Å². The van der Waals surface area contributed by atoms with Crippen LogP contribution in [-0.2, 0) is 10.5 Å². The Kier molecular flexibility index (Phi) is 3.42. The summed E-state index contributed by atoms with van der Waals surface area (Å²) in [5.41, 5.74) is 1.68. The van der Waals surface area contributed by atoms with Gasteiger partial charge >= 0.3 is 0 Å². The third-order valence-corrected chi connectivity index (χ3v) is 5.22. The highest BCUT2D eigenvalue weighted by Crippen LogP contribution is 2.47. The van der Waals surface area contributed by atoms with Crippen molar-refractivity contribution in [1.29, 1.82) is 0 Å². The first-order valence-electron chi connectivity index (χ1n) is 8.92. The minimum absolute atomic E-state index is 0.237. The zero-order valence-electron chi connectivity index (χ0n) is 15.1. The Labute approximate surface area is 161 Å². The van der Waals surface area contributed by atoms with E-state index in [1.807, 2.05) is 54.6 Å². The second kappa shape index (κ2) is 5.85. The average molecular weight is 371 g/mol. The standard InChI is InChI=1S/C22H17N3O3/c1-28-15-11-12-17-19(13-15)23-21(27)22(17)24-18-10-6-5-9-16(18)20(26)25(22)14-7-3-2-4-8-14/h2-13,24H,1H3,(H,23,27)/t22-/m1/s1. The number of nitrogens with zero attached hydrogens (tertiary/aromatic N) is 1. The number of para-hydroxylation sites is 2. The van der Waals surface area contributed by atoms with Crippen molar-refractivity contribution in [2.24, 2.45) is 0 Å². The van der Waals surface area contributed by atoms with Gasteiger partial charge in [-0.2, -0.15) is 0 Å². The van der Waals surface area contributed by atoms with Crippen molar-refractivity contribution < 1.29 is 14.3 Å². The van der Waals surface area contributed by atoms with Crippen LogP contribution >= 0.6 is 0 Å². The summed E-state index contributed by atoms with van der Waals surface area (Å²) >= 11 is 0. The molecule has 1 spiro atoms. The van der Waals surface area contributed by atoms with E-state index in [-0.39, 0.29) is 11.8 Å². The molecule has 138 valence electrons. The topological polar surface area (TPSA) is 70.7 Å². The second-order valence-electron chi connectivity index (χ2n) is 6.72. The van der Waals surface area contributed by atoms with Crippen molar-refractivity contribution in [1.82, 2.24) is 0 Å². The Balaban J connectivity index is 1.80. The average Bonchev–Trinajstić information content (AvgIpc) is 2.99. The van der Waals surface area contributed by atoms with Crippen LogP contribution < -0.4 is 20.3 Å². The Morgan fingerprint density at radius 3 is 2.43 bits per heavy atom. The van der Waals surface area contributed by atoms with Gasteiger partial charge in [-0.15, -0.1) is 0 Å². The molecule has 2 amide bonds. The maximum absolute atomic E-state index is 13.5. The number of carbonyl (C=O) groups excluding carboxylic acids is 2. The number of benzene rings is 3. The molecule has 5 rings (SSSR count). The lowest BCUT2D eigenvalue weighted by Crippen LogP contribution is -2.61. The number of fused-ring (bicyclic) bond motifs is 3. The van der Waals surface area contributed by atoms with Crippen molar-refractivity contribution in [2.45, 2.75) is 5.66 Å². The monoisotopic (exact) mass is 371 g/mol. The number of anilines is 3. The highest BCUT2D eigenvalue weighted by atomic mass is 16.5. The zero-order valence-corrected chi connectivity index (χ0v) is 15.1. The fourth-order valence-corrected chi connectivity index (χ4v) is 3.94. The van der Waals surface area contributed by atoms with Crippen LogP contribution in [0.3, 0.4) is 0 Å². The molecule has 2 aliphatic heterocycles. The van der Waals surface area contributed by atoms with E-state index in [1.54, 1.807) is 25.3 Å². The van der Waals surface area contributed by atoms with Gasteiger partial charge in [0.05, 0.1) is 18.4 Å². The number of hydrogen-bond donors (Lipinski definition) is 2. The van der Waals surface area contributed by atoms with E-state index >= 15 is 0 Å². The van der Waals surface area contributed by atoms with Crippen LogP contribution in [0, 0.1) is 0 Å². The minimum atomic E-state index is -1.38. The molecule has 0 radical (unpaired) electrons. The number of amides is 2. The second-order valence-corrected chi connectivity index (χ2v) is 6.72. The van der Waals surface area contributed by atoms with E-state index < -0.39 is 5.66 Å². The molecule has 0 fully saturated rings. The Morgan fingerprint density at radius 1 is 0.893 bits per heavy atom. The Morgan fingerprint density at radius 2 is 1.64 bits per heavy atom. The molecule has 0 saturated heterocycles. The van der Waals surface area contributed by atoms with Crippen LogP contribution in [0.1, 0.15) is 15.9 Å². The number of hydrogen-bond acceptors (Lipinski definition) is 4. The fourth-order valence-electron chi connectivity index (χ4n) is 3.94. The van der Waals surface area contributed by atoms with Crippen molar-refractivity contribution >= 4 is 28.9 Å². The van der Waals surface area contributed by atoms with Crippen LogP contribution in [0.15, 0.2) is 72.8 Å². The largest absolute Gasteiger partial charge is 0.497 e. The molecule has 6 nitrogen and oxygen atoms in total. The smallest absolute Gasteiger partial charge is 0.276 e. The molecule has 1 atom stereocenters. The molecule has 3 aromatic carbocycles. The third-order valence-electron chi connectivity index (χ3n) is 5.22.